The SMILES string of the molecule is O=C(Nc1cccc2ncccc12)c1ccnc(N2CCOCC2)c1. The van der Waals surface area contributed by atoms with Gasteiger partial charge in [0.2, 0.25) is 0 Å². The highest BCUT2D eigenvalue weighted by Gasteiger charge is 2.15. The van der Waals surface area contributed by atoms with E-state index in [2.05, 4.69) is 20.2 Å². The highest BCUT2D eigenvalue weighted by atomic mass is 16.5. The Balaban J connectivity index is 1.58. The van der Waals surface area contributed by atoms with Gasteiger partial charge in [-0.2, -0.15) is 0 Å². The average Bonchev–Trinajstić information content (AvgIpc) is 2.69. The van der Waals surface area contributed by atoms with Crippen molar-refractivity contribution >= 4 is 28.3 Å². The van der Waals surface area contributed by atoms with E-state index in [1.54, 1.807) is 18.5 Å². The van der Waals surface area contributed by atoms with Crippen LogP contribution in [0.1, 0.15) is 10.4 Å². The molecule has 0 saturated carbocycles. The topological polar surface area (TPSA) is 67.4 Å². The van der Waals surface area contributed by atoms with E-state index in [-0.39, 0.29) is 5.91 Å². The van der Waals surface area contributed by atoms with Gasteiger partial charge in [0.1, 0.15) is 5.82 Å². The van der Waals surface area contributed by atoms with Gasteiger partial charge in [0.05, 0.1) is 24.4 Å². The van der Waals surface area contributed by atoms with Gasteiger partial charge in [0.15, 0.2) is 0 Å². The zero-order valence-corrected chi connectivity index (χ0v) is 13.7. The zero-order valence-electron chi connectivity index (χ0n) is 13.7. The van der Waals surface area contributed by atoms with Crippen LogP contribution in [0.3, 0.4) is 0 Å². The van der Waals surface area contributed by atoms with Crippen molar-refractivity contribution in [3.63, 3.8) is 0 Å². The lowest BCUT2D eigenvalue weighted by Crippen LogP contribution is -2.36. The largest absolute Gasteiger partial charge is 0.378 e. The van der Waals surface area contributed by atoms with Crippen molar-refractivity contribution in [1.82, 2.24) is 9.97 Å². The third-order valence-corrected chi connectivity index (χ3v) is 4.24. The van der Waals surface area contributed by atoms with Crippen molar-refractivity contribution in [2.45, 2.75) is 0 Å². The Morgan fingerprint density at radius 1 is 1.04 bits per heavy atom. The Morgan fingerprint density at radius 3 is 2.80 bits per heavy atom. The van der Waals surface area contributed by atoms with Gasteiger partial charge in [-0.15, -0.1) is 0 Å². The molecule has 0 radical (unpaired) electrons. The first-order valence-electron chi connectivity index (χ1n) is 8.25. The summed E-state index contributed by atoms with van der Waals surface area (Å²) in [6.07, 6.45) is 3.41. The van der Waals surface area contributed by atoms with E-state index in [1.807, 2.05) is 36.4 Å². The first kappa shape index (κ1) is 15.5. The average molecular weight is 334 g/mol. The highest BCUT2D eigenvalue weighted by Crippen LogP contribution is 2.22. The summed E-state index contributed by atoms with van der Waals surface area (Å²) in [5.74, 6) is 0.642. The van der Waals surface area contributed by atoms with Crippen LogP contribution in [0.15, 0.2) is 54.9 Å². The van der Waals surface area contributed by atoms with Crippen LogP contribution in [0.4, 0.5) is 11.5 Å². The van der Waals surface area contributed by atoms with E-state index < -0.39 is 0 Å². The van der Waals surface area contributed by atoms with E-state index in [9.17, 15) is 4.79 Å². The first-order valence-corrected chi connectivity index (χ1v) is 8.25. The quantitative estimate of drug-likeness (QED) is 0.798. The van der Waals surface area contributed by atoms with Crippen LogP contribution in [-0.4, -0.2) is 42.2 Å². The summed E-state index contributed by atoms with van der Waals surface area (Å²) in [6.45, 7) is 2.93. The molecule has 2 aromatic heterocycles. The molecule has 126 valence electrons. The van der Waals surface area contributed by atoms with Gasteiger partial charge in [0.25, 0.3) is 5.91 Å². The molecule has 1 saturated heterocycles. The number of anilines is 2. The standard InChI is InChI=1S/C19H18N4O2/c24-19(22-17-5-1-4-16-15(17)3-2-7-20-16)14-6-8-21-18(13-14)23-9-11-25-12-10-23/h1-8,13H,9-12H2,(H,22,24). The molecule has 1 aromatic carbocycles. The molecule has 1 aliphatic rings. The monoisotopic (exact) mass is 334 g/mol. The van der Waals surface area contributed by atoms with Crippen molar-refractivity contribution < 1.29 is 9.53 Å². The summed E-state index contributed by atoms with van der Waals surface area (Å²) in [7, 11) is 0. The normalized spacial score (nSPS) is 14.5. The summed E-state index contributed by atoms with van der Waals surface area (Å²) >= 11 is 0. The molecule has 25 heavy (non-hydrogen) atoms. The number of amides is 1. The van der Waals surface area contributed by atoms with Gasteiger partial charge >= 0.3 is 0 Å². The Morgan fingerprint density at radius 2 is 1.92 bits per heavy atom. The number of hydrogen-bond donors (Lipinski definition) is 1. The summed E-state index contributed by atoms with van der Waals surface area (Å²) in [5, 5.41) is 3.90. The van der Waals surface area contributed by atoms with Crippen molar-refractivity contribution in [2.24, 2.45) is 0 Å². The molecule has 3 heterocycles. The van der Waals surface area contributed by atoms with Crippen molar-refractivity contribution in [3.8, 4) is 0 Å². The number of carbonyl (C=O) groups excluding carboxylic acids is 1. The summed E-state index contributed by atoms with van der Waals surface area (Å²) in [5.41, 5.74) is 2.18. The van der Waals surface area contributed by atoms with Crippen molar-refractivity contribution in [3.05, 3.63) is 60.4 Å². The second-order valence-electron chi connectivity index (χ2n) is 5.83. The van der Waals surface area contributed by atoms with Crippen LogP contribution in [0, 0.1) is 0 Å². The lowest BCUT2D eigenvalue weighted by atomic mass is 10.1. The summed E-state index contributed by atoms with van der Waals surface area (Å²) in [4.78, 5) is 23.5. The Kier molecular flexibility index (Phi) is 4.26. The van der Waals surface area contributed by atoms with Gasteiger partial charge in [-0.1, -0.05) is 6.07 Å². The second kappa shape index (κ2) is 6.86. The molecule has 0 bridgehead atoms. The molecule has 0 spiro atoms. The van der Waals surface area contributed by atoms with E-state index in [4.69, 9.17) is 4.74 Å². The number of nitrogens with zero attached hydrogens (tertiary/aromatic N) is 3. The van der Waals surface area contributed by atoms with Gasteiger partial charge in [-0.3, -0.25) is 9.78 Å². The number of rotatable bonds is 3. The summed E-state index contributed by atoms with van der Waals surface area (Å²) in [6, 6.07) is 13.0. The molecule has 1 aliphatic heterocycles. The van der Waals surface area contributed by atoms with Crippen LogP contribution < -0.4 is 10.2 Å². The van der Waals surface area contributed by atoms with E-state index in [1.165, 1.54) is 0 Å². The van der Waals surface area contributed by atoms with Gasteiger partial charge in [-0.05, 0) is 36.4 Å². The van der Waals surface area contributed by atoms with Crippen LogP contribution in [0.5, 0.6) is 0 Å². The third-order valence-electron chi connectivity index (χ3n) is 4.24. The van der Waals surface area contributed by atoms with Crippen LogP contribution in [0.2, 0.25) is 0 Å². The molecule has 1 amide bonds. The predicted octanol–water partition coefficient (Wildman–Crippen LogP) is 2.72. The fraction of sp³-hybridized carbons (Fsp3) is 0.211. The summed E-state index contributed by atoms with van der Waals surface area (Å²) < 4.78 is 5.36. The van der Waals surface area contributed by atoms with Gasteiger partial charge in [0, 0.05) is 36.4 Å². The lowest BCUT2D eigenvalue weighted by molar-refractivity contribution is 0.102. The molecule has 3 aromatic rings. The number of nitrogens with one attached hydrogen (secondary N) is 1. The van der Waals surface area contributed by atoms with Crippen LogP contribution in [-0.2, 0) is 4.74 Å². The Labute approximate surface area is 145 Å². The molecule has 1 N–H and O–H groups in total. The van der Waals surface area contributed by atoms with E-state index in [0.717, 1.165) is 35.5 Å². The van der Waals surface area contributed by atoms with Gasteiger partial charge < -0.3 is 15.0 Å². The smallest absolute Gasteiger partial charge is 0.255 e. The number of hydrogen-bond acceptors (Lipinski definition) is 5. The number of benzene rings is 1. The number of morpholine rings is 1. The minimum absolute atomic E-state index is 0.159. The zero-order chi connectivity index (χ0) is 17.1. The highest BCUT2D eigenvalue weighted by molar-refractivity contribution is 6.08. The maximum Gasteiger partial charge on any atom is 0.255 e. The fourth-order valence-electron chi connectivity index (χ4n) is 2.93. The fourth-order valence-corrected chi connectivity index (χ4v) is 2.93. The number of carbonyl (C=O) groups is 1. The van der Waals surface area contributed by atoms with Crippen molar-refractivity contribution in [1.29, 1.82) is 0 Å². The number of aromatic nitrogens is 2. The number of pyridine rings is 2. The molecule has 4 rings (SSSR count). The molecular weight excluding hydrogens is 316 g/mol. The maximum absolute atomic E-state index is 12.7. The lowest BCUT2D eigenvalue weighted by Gasteiger charge is -2.27. The molecule has 0 atom stereocenters. The molecule has 6 nitrogen and oxygen atoms in total. The predicted molar refractivity (Wildman–Crippen MR) is 97.0 cm³/mol. The van der Waals surface area contributed by atoms with Crippen LogP contribution in [0.25, 0.3) is 10.9 Å². The van der Waals surface area contributed by atoms with Gasteiger partial charge in [-0.25, -0.2) is 4.98 Å². The van der Waals surface area contributed by atoms with Crippen LogP contribution >= 0.6 is 0 Å². The van der Waals surface area contributed by atoms with E-state index >= 15 is 0 Å². The minimum atomic E-state index is -0.159. The second-order valence-corrected chi connectivity index (χ2v) is 5.83. The number of ether oxygens (including phenoxy) is 1. The molecular formula is C19H18N4O2. The molecule has 0 unspecified atom stereocenters. The minimum Gasteiger partial charge on any atom is -0.378 e. The first-order chi connectivity index (χ1) is 12.3. The maximum atomic E-state index is 12.7. The molecule has 6 heteroatoms. The molecule has 0 aliphatic carbocycles. The Bertz CT molecular complexity index is 901. The third kappa shape index (κ3) is 3.29. The molecule has 1 fully saturated rings. The Hall–Kier alpha value is -2.99. The number of fused-ring (bicyclic) bond motifs is 1. The van der Waals surface area contributed by atoms with E-state index in [0.29, 0.717) is 18.8 Å². The van der Waals surface area contributed by atoms with Crippen molar-refractivity contribution in [2.75, 3.05) is 36.5 Å².